The normalized spacial score (nSPS) is 12.1. The first kappa shape index (κ1) is 76.3. The third-order valence-corrected chi connectivity index (χ3v) is 20.0. The molecule has 0 heterocycles. The van der Waals surface area contributed by atoms with Gasteiger partial charge in [-0.05, 0) is 136 Å². The van der Waals surface area contributed by atoms with E-state index in [1.165, 1.54) is 24.3 Å². The van der Waals surface area contributed by atoms with Gasteiger partial charge in [-0.3, -0.25) is 18.2 Å². The molecule has 12 rings (SSSR count). The molecule has 108 heavy (non-hydrogen) atoms. The van der Waals surface area contributed by atoms with E-state index in [2.05, 4.69) is 6.58 Å². The lowest BCUT2D eigenvalue weighted by Gasteiger charge is -2.19. The molecule has 556 valence electrons. The molecule has 0 bridgehead atoms. The van der Waals surface area contributed by atoms with E-state index in [0.29, 0.717) is 75.8 Å². The minimum atomic E-state index is -5.28. The SMILES string of the molecule is C=CCc1c(F)c(-c2c(F)c(F)c(Oc3ccc(Cc4ccccc4-c4ccccc4Cc4ccc(Oc5c(F)c(F)c(-c6c(F)c(F)c(Oc7cc(S(=O)(=O)O)cc8cc(S(=O)(=O)O)ccc78)c(F)c6F)c(F)c5F)cc4)cc3)c(F)c2F)c(F)c(F)c1Oc1cc(S(=O)(=O)O)cc2cc(S(=O)(=O)O)ccc12. The van der Waals surface area contributed by atoms with Gasteiger partial charge in [0.1, 0.15) is 28.8 Å². The molecule has 0 saturated carbocycles. The second kappa shape index (κ2) is 28.8. The van der Waals surface area contributed by atoms with Crippen molar-refractivity contribution in [3.63, 3.8) is 0 Å². The zero-order chi connectivity index (χ0) is 78.3. The monoisotopic (exact) mass is 1580 g/mol. The van der Waals surface area contributed by atoms with Crippen molar-refractivity contribution in [1.29, 1.82) is 0 Å². The van der Waals surface area contributed by atoms with Gasteiger partial charge in [0.05, 0.1) is 41.8 Å². The summed E-state index contributed by atoms with van der Waals surface area (Å²) in [6.07, 6.45) is 0.187. The quantitative estimate of drug-likeness (QED) is 0.0226. The molecule has 0 aliphatic heterocycles. The molecule has 16 nitrogen and oxygen atoms in total. The second-order valence-corrected chi connectivity index (χ2v) is 29.1. The maximum absolute atomic E-state index is 16.6. The average Bonchev–Trinajstić information content (AvgIpc) is 0.754. The Bertz CT molecular complexity index is 6220. The highest BCUT2D eigenvalue weighted by molar-refractivity contribution is 7.86. The number of hydrogen-bond donors (Lipinski definition) is 4. The molecule has 0 aromatic heterocycles. The number of allylic oxidation sites excluding steroid dienone is 1. The maximum atomic E-state index is 16.6. The predicted molar refractivity (Wildman–Crippen MR) is 355 cm³/mol. The summed E-state index contributed by atoms with van der Waals surface area (Å²) in [7, 11) is -20.5. The van der Waals surface area contributed by atoms with Crippen molar-refractivity contribution < 1.29 is 137 Å². The number of hydrogen-bond acceptors (Lipinski definition) is 12. The summed E-state index contributed by atoms with van der Waals surface area (Å²) in [5.41, 5.74) is -6.34. The Balaban J connectivity index is 0.756. The van der Waals surface area contributed by atoms with Crippen LogP contribution in [0.25, 0.3) is 54.9 Å². The molecular formula is C73H39F15O16S4. The number of rotatable bonds is 21. The van der Waals surface area contributed by atoms with Crippen molar-refractivity contribution in [3.05, 3.63) is 285 Å². The van der Waals surface area contributed by atoms with Gasteiger partial charge in [-0.15, -0.1) is 6.58 Å². The lowest BCUT2D eigenvalue weighted by Crippen LogP contribution is -2.10. The molecule has 0 amide bonds. The topological polar surface area (TPSA) is 254 Å². The largest absolute Gasteiger partial charge is 0.453 e. The predicted octanol–water partition coefficient (Wildman–Crippen LogP) is 19.1. The summed E-state index contributed by atoms with van der Waals surface area (Å²) in [5.74, 6) is -47.4. The minimum absolute atomic E-state index is 0.107. The third-order valence-electron chi connectivity index (χ3n) is 16.6. The minimum Gasteiger partial charge on any atom is -0.453 e. The summed E-state index contributed by atoms with van der Waals surface area (Å²) < 4.78 is 395. The Labute approximate surface area is 599 Å². The van der Waals surface area contributed by atoms with Gasteiger partial charge in [-0.25, -0.2) is 35.1 Å². The van der Waals surface area contributed by atoms with E-state index in [1.54, 1.807) is 48.5 Å². The van der Waals surface area contributed by atoms with Crippen LogP contribution in [0.4, 0.5) is 65.9 Å². The summed E-state index contributed by atoms with van der Waals surface area (Å²) >= 11 is 0. The molecule has 12 aromatic carbocycles. The van der Waals surface area contributed by atoms with Crippen LogP contribution in [0.2, 0.25) is 0 Å². The summed E-state index contributed by atoms with van der Waals surface area (Å²) in [5, 5.41) is -1.76. The van der Waals surface area contributed by atoms with Gasteiger partial charge >= 0.3 is 0 Å². The van der Waals surface area contributed by atoms with Crippen LogP contribution in [0.15, 0.2) is 190 Å². The molecule has 12 aromatic rings. The fraction of sp³-hybridized carbons (Fsp3) is 0.0411. The highest BCUT2D eigenvalue weighted by atomic mass is 32.2. The van der Waals surface area contributed by atoms with E-state index < -0.39 is 244 Å². The molecule has 0 atom stereocenters. The lowest BCUT2D eigenvalue weighted by molar-refractivity contribution is 0.361. The number of fused-ring (bicyclic) bond motifs is 2. The Morgan fingerprint density at radius 1 is 0.315 bits per heavy atom. The van der Waals surface area contributed by atoms with Crippen molar-refractivity contribution >= 4 is 62.0 Å². The Kier molecular flexibility index (Phi) is 20.3. The summed E-state index contributed by atoms with van der Waals surface area (Å²) in [4.78, 5) is -3.90. The molecule has 0 unspecified atom stereocenters. The van der Waals surface area contributed by atoms with Gasteiger partial charge < -0.3 is 18.9 Å². The van der Waals surface area contributed by atoms with E-state index in [0.717, 1.165) is 48.5 Å². The second-order valence-electron chi connectivity index (χ2n) is 23.4. The van der Waals surface area contributed by atoms with Crippen LogP contribution >= 0.6 is 0 Å². The summed E-state index contributed by atoms with van der Waals surface area (Å²) in [6.45, 7) is 3.36. The van der Waals surface area contributed by atoms with E-state index >= 15 is 65.9 Å². The maximum Gasteiger partial charge on any atom is 0.294 e. The first-order chi connectivity index (χ1) is 50.8. The van der Waals surface area contributed by atoms with Crippen LogP contribution in [0.5, 0.6) is 46.0 Å². The zero-order valence-electron chi connectivity index (χ0n) is 53.4. The van der Waals surface area contributed by atoms with Crippen LogP contribution in [0, 0.1) is 87.3 Å². The molecule has 0 fully saturated rings. The molecule has 4 N–H and O–H groups in total. The van der Waals surface area contributed by atoms with Crippen LogP contribution in [-0.4, -0.2) is 51.9 Å². The van der Waals surface area contributed by atoms with Crippen molar-refractivity contribution in [2.24, 2.45) is 0 Å². The molecule has 0 spiro atoms. The van der Waals surface area contributed by atoms with Crippen molar-refractivity contribution in [3.8, 4) is 79.4 Å². The Morgan fingerprint density at radius 2 is 0.602 bits per heavy atom. The highest BCUT2D eigenvalue weighted by Gasteiger charge is 2.39. The van der Waals surface area contributed by atoms with Crippen molar-refractivity contribution in [2.45, 2.75) is 38.8 Å². The van der Waals surface area contributed by atoms with Gasteiger partial charge in [0.15, 0.2) is 46.5 Å². The highest BCUT2D eigenvalue weighted by Crippen LogP contribution is 2.48. The van der Waals surface area contributed by atoms with Crippen LogP contribution in [0.3, 0.4) is 0 Å². The van der Waals surface area contributed by atoms with Gasteiger partial charge in [-0.2, -0.15) is 64.4 Å². The smallest absolute Gasteiger partial charge is 0.294 e. The fourth-order valence-electron chi connectivity index (χ4n) is 11.6. The van der Waals surface area contributed by atoms with E-state index in [-0.39, 0.29) is 18.2 Å². The standard InChI is InChI=1S/C73H39F15O16S4/c1-2-7-48-55(74)51(56(75)63(82)70(48)103-49-30-42(107(95,96)97)28-36-26-40(105(89,90)91)20-22-46(36)49)52-57(76)64(83)71(65(84)58(52)77)101-38-16-12-32(13-17-38)24-34-8-3-5-10-44(34)45-11-6-4-9-35(45)25-33-14-18-39(19-15-33)102-72-66(85)59(78)53(60(79)67(72)86)54-61(80)68(87)73(69(88)62(54)81)104-50-31-43(108(98,99)100)29-37-27-41(106(92,93)94)21-23-47(37)50/h2-6,8-23,26-31H,1,7,24-25H2,(H,89,90,91)(H,92,93,94)(H,95,96,97)(H,98,99,100). The number of benzene rings is 12. The summed E-state index contributed by atoms with van der Waals surface area (Å²) in [6, 6.07) is 30.3. The van der Waals surface area contributed by atoms with Crippen LogP contribution in [0.1, 0.15) is 27.8 Å². The molecule has 0 radical (unpaired) electrons. The van der Waals surface area contributed by atoms with Crippen LogP contribution in [-0.2, 0) is 59.7 Å². The van der Waals surface area contributed by atoms with Crippen molar-refractivity contribution in [2.75, 3.05) is 0 Å². The number of halogens is 15. The number of ether oxygens (including phenoxy) is 4. The Morgan fingerprint density at radius 3 is 0.926 bits per heavy atom. The Hall–Kier alpha value is -11.3. The van der Waals surface area contributed by atoms with Gasteiger partial charge in [0.2, 0.25) is 58.0 Å². The van der Waals surface area contributed by atoms with E-state index in [9.17, 15) is 51.9 Å². The first-order valence-corrected chi connectivity index (χ1v) is 36.0. The van der Waals surface area contributed by atoms with E-state index in [1.807, 2.05) is 0 Å². The van der Waals surface area contributed by atoms with Crippen molar-refractivity contribution in [1.82, 2.24) is 0 Å². The first-order valence-electron chi connectivity index (χ1n) is 30.3. The van der Waals surface area contributed by atoms with Gasteiger partial charge in [-0.1, -0.05) is 78.9 Å². The third kappa shape index (κ3) is 14.5. The molecule has 0 aliphatic carbocycles. The average molecular weight is 1590 g/mol. The van der Waals surface area contributed by atoms with Gasteiger partial charge in [0, 0.05) is 28.5 Å². The van der Waals surface area contributed by atoms with E-state index in [4.69, 9.17) is 18.9 Å². The molecule has 0 aliphatic rings. The fourth-order valence-corrected chi connectivity index (χ4v) is 13.7. The zero-order valence-corrected chi connectivity index (χ0v) is 56.7. The molecular weight excluding hydrogens is 1550 g/mol. The van der Waals surface area contributed by atoms with Gasteiger partial charge in [0.25, 0.3) is 40.5 Å². The molecule has 0 saturated heterocycles. The van der Waals surface area contributed by atoms with Crippen LogP contribution < -0.4 is 18.9 Å². The molecule has 35 heteroatoms. The lowest BCUT2D eigenvalue weighted by atomic mass is 9.90.